The van der Waals surface area contributed by atoms with Gasteiger partial charge < -0.3 is 50.5 Å². The molecule has 0 aliphatic carbocycles. The summed E-state index contributed by atoms with van der Waals surface area (Å²) in [6.07, 6.45) is 25.9. The van der Waals surface area contributed by atoms with Gasteiger partial charge in [-0.05, 0) is 18.8 Å². The van der Waals surface area contributed by atoms with Crippen molar-refractivity contribution in [2.24, 2.45) is 5.92 Å². The van der Waals surface area contributed by atoms with Crippen LogP contribution in [0, 0.1) is 5.92 Å². The molecule has 9 atom stereocenters. The fraction of sp³-hybridized carbons (Fsp3) is 0.979. The van der Waals surface area contributed by atoms with E-state index < -0.39 is 74.2 Å². The Morgan fingerprint density at radius 2 is 0.949 bits per heavy atom. The zero-order valence-electron chi connectivity index (χ0n) is 38.2. The molecule has 0 radical (unpaired) electrons. The fourth-order valence-corrected chi connectivity index (χ4v) is 8.21. The third kappa shape index (κ3) is 28.4. The van der Waals surface area contributed by atoms with Crippen LogP contribution in [0.1, 0.15) is 226 Å². The van der Waals surface area contributed by atoms with Gasteiger partial charge in [0.1, 0.15) is 36.6 Å². The molecule has 1 rings (SSSR count). The molecule has 1 amide bonds. The first kappa shape index (κ1) is 56.1. The summed E-state index contributed by atoms with van der Waals surface area (Å²) >= 11 is 0. The molecule has 8 N–H and O–H groups in total. The Kier molecular flexibility index (Phi) is 35.8. The lowest BCUT2D eigenvalue weighted by Gasteiger charge is -2.40. The monoisotopic (exact) mass is 846 g/mol. The first-order valence-corrected chi connectivity index (χ1v) is 24.8. The average molecular weight is 846 g/mol. The third-order valence-corrected chi connectivity index (χ3v) is 12.3. The van der Waals surface area contributed by atoms with Gasteiger partial charge in [0.25, 0.3) is 0 Å². The molecule has 352 valence electrons. The van der Waals surface area contributed by atoms with Crippen LogP contribution in [0.15, 0.2) is 0 Å². The lowest BCUT2D eigenvalue weighted by Crippen LogP contribution is -2.60. The number of hydrogen-bond acceptors (Lipinski definition) is 10. The number of aliphatic hydroxyl groups excluding tert-OH is 7. The summed E-state index contributed by atoms with van der Waals surface area (Å²) in [7, 11) is 0. The first-order chi connectivity index (χ1) is 28.5. The maximum Gasteiger partial charge on any atom is 0.249 e. The molecule has 1 aliphatic heterocycles. The van der Waals surface area contributed by atoms with E-state index in [0.29, 0.717) is 19.3 Å². The van der Waals surface area contributed by atoms with E-state index in [0.717, 1.165) is 44.4 Å². The lowest BCUT2D eigenvalue weighted by atomic mass is 9.98. The molecule has 59 heavy (non-hydrogen) atoms. The standard InChI is InChI=1S/C48H95NO10/c1-4-5-6-7-8-9-10-11-12-13-14-15-16-17-18-23-26-29-32-35-41(52)47(57)49-39(37-58-48-46(56)45(55)44(54)42(36-50)59-48)43(53)40(51)34-31-28-25-22-20-19-21-24-27-30-33-38(2)3/h38-46,48,50-56H,4-37H2,1-3H3,(H,49,57). The minimum atomic E-state index is -1.66. The second kappa shape index (κ2) is 37.6. The summed E-state index contributed by atoms with van der Waals surface area (Å²) in [5.74, 6) is 0.0843. The van der Waals surface area contributed by atoms with Crippen molar-refractivity contribution in [1.82, 2.24) is 5.32 Å². The molecular formula is C48H95NO10. The summed E-state index contributed by atoms with van der Waals surface area (Å²) in [5, 5.41) is 75.8. The summed E-state index contributed by atoms with van der Waals surface area (Å²) < 4.78 is 11.1. The van der Waals surface area contributed by atoms with Gasteiger partial charge in [-0.1, -0.05) is 213 Å². The molecule has 0 saturated carbocycles. The van der Waals surface area contributed by atoms with Gasteiger partial charge in [-0.3, -0.25) is 4.79 Å². The van der Waals surface area contributed by atoms with Crippen molar-refractivity contribution in [3.8, 4) is 0 Å². The number of carbonyl (C=O) groups excluding carboxylic acids is 1. The van der Waals surface area contributed by atoms with Crippen LogP contribution in [0.3, 0.4) is 0 Å². The molecule has 0 aromatic rings. The van der Waals surface area contributed by atoms with Crippen LogP contribution in [-0.2, 0) is 14.3 Å². The van der Waals surface area contributed by atoms with Gasteiger partial charge in [0.05, 0.1) is 25.4 Å². The molecule has 1 aliphatic rings. The Balaban J connectivity index is 2.39. The van der Waals surface area contributed by atoms with Gasteiger partial charge in [-0.25, -0.2) is 0 Å². The van der Waals surface area contributed by atoms with Gasteiger partial charge in [0, 0.05) is 0 Å². The number of nitrogens with one attached hydrogen (secondary N) is 1. The normalized spacial score (nSPS) is 21.8. The first-order valence-electron chi connectivity index (χ1n) is 24.8. The molecule has 0 aromatic carbocycles. The fourth-order valence-electron chi connectivity index (χ4n) is 8.21. The van der Waals surface area contributed by atoms with Crippen LogP contribution in [0.25, 0.3) is 0 Å². The predicted molar refractivity (Wildman–Crippen MR) is 238 cm³/mol. The van der Waals surface area contributed by atoms with Crippen molar-refractivity contribution in [2.45, 2.75) is 281 Å². The number of rotatable bonds is 41. The van der Waals surface area contributed by atoms with E-state index in [-0.39, 0.29) is 6.42 Å². The van der Waals surface area contributed by atoms with E-state index in [1.807, 2.05) is 0 Å². The number of hydrogen-bond donors (Lipinski definition) is 8. The van der Waals surface area contributed by atoms with E-state index in [4.69, 9.17) is 9.47 Å². The number of carbonyl (C=O) groups is 1. The SMILES string of the molecule is CCCCCCCCCCCCCCCCCCCCCC(O)C(=O)NC(COC1OC(CO)C(O)C(O)C1O)C(O)C(O)CCCCCCCCCCCCC(C)C. The Morgan fingerprint density at radius 3 is 1.36 bits per heavy atom. The number of ether oxygens (including phenoxy) is 2. The quantitative estimate of drug-likeness (QED) is 0.0277. The molecule has 0 aromatic heterocycles. The molecule has 1 saturated heterocycles. The summed E-state index contributed by atoms with van der Waals surface area (Å²) in [4.78, 5) is 13.1. The number of amides is 1. The molecule has 11 nitrogen and oxygen atoms in total. The highest BCUT2D eigenvalue weighted by Crippen LogP contribution is 2.23. The molecule has 11 heteroatoms. The van der Waals surface area contributed by atoms with Gasteiger partial charge in [-0.2, -0.15) is 0 Å². The summed E-state index contributed by atoms with van der Waals surface area (Å²) in [6, 6.07) is -1.16. The van der Waals surface area contributed by atoms with E-state index >= 15 is 0 Å². The Bertz CT molecular complexity index is 941. The van der Waals surface area contributed by atoms with Crippen molar-refractivity contribution in [1.29, 1.82) is 0 Å². The van der Waals surface area contributed by atoms with Crippen LogP contribution in [0.4, 0.5) is 0 Å². The van der Waals surface area contributed by atoms with E-state index in [1.165, 1.54) is 141 Å². The van der Waals surface area contributed by atoms with E-state index in [1.54, 1.807) is 0 Å². The average Bonchev–Trinajstić information content (AvgIpc) is 3.22. The minimum absolute atomic E-state index is 0.266. The van der Waals surface area contributed by atoms with E-state index in [9.17, 15) is 40.5 Å². The van der Waals surface area contributed by atoms with Gasteiger partial charge in [-0.15, -0.1) is 0 Å². The second-order valence-electron chi connectivity index (χ2n) is 18.4. The van der Waals surface area contributed by atoms with Crippen LogP contribution < -0.4 is 5.32 Å². The largest absolute Gasteiger partial charge is 0.394 e. The van der Waals surface area contributed by atoms with E-state index in [2.05, 4.69) is 26.1 Å². The highest BCUT2D eigenvalue weighted by atomic mass is 16.7. The molecule has 0 bridgehead atoms. The smallest absolute Gasteiger partial charge is 0.249 e. The second-order valence-corrected chi connectivity index (χ2v) is 18.4. The number of aliphatic hydroxyl groups is 7. The molecule has 0 spiro atoms. The van der Waals surface area contributed by atoms with Crippen LogP contribution in [0.2, 0.25) is 0 Å². The summed E-state index contributed by atoms with van der Waals surface area (Å²) in [6.45, 7) is 5.76. The number of unbranched alkanes of at least 4 members (excludes halogenated alkanes) is 27. The molecule has 1 heterocycles. The van der Waals surface area contributed by atoms with Crippen LogP contribution in [0.5, 0.6) is 0 Å². The Hall–Kier alpha value is -0.890. The summed E-state index contributed by atoms with van der Waals surface area (Å²) in [5.41, 5.74) is 0. The minimum Gasteiger partial charge on any atom is -0.394 e. The lowest BCUT2D eigenvalue weighted by molar-refractivity contribution is -0.303. The zero-order chi connectivity index (χ0) is 43.5. The third-order valence-electron chi connectivity index (χ3n) is 12.3. The van der Waals surface area contributed by atoms with Gasteiger partial charge >= 0.3 is 0 Å². The maximum atomic E-state index is 13.1. The van der Waals surface area contributed by atoms with Gasteiger partial charge in [0.15, 0.2) is 6.29 Å². The molecule has 1 fully saturated rings. The Labute approximate surface area is 360 Å². The zero-order valence-corrected chi connectivity index (χ0v) is 38.2. The molecule has 9 unspecified atom stereocenters. The van der Waals surface area contributed by atoms with Crippen LogP contribution >= 0.6 is 0 Å². The highest BCUT2D eigenvalue weighted by molar-refractivity contribution is 5.80. The predicted octanol–water partition coefficient (Wildman–Crippen LogP) is 8.53. The van der Waals surface area contributed by atoms with Crippen molar-refractivity contribution < 1.29 is 50.0 Å². The van der Waals surface area contributed by atoms with Crippen molar-refractivity contribution in [2.75, 3.05) is 13.2 Å². The van der Waals surface area contributed by atoms with Crippen molar-refractivity contribution in [3.63, 3.8) is 0 Å². The van der Waals surface area contributed by atoms with Crippen molar-refractivity contribution in [3.05, 3.63) is 0 Å². The Morgan fingerprint density at radius 1 is 0.559 bits per heavy atom. The maximum absolute atomic E-state index is 13.1. The van der Waals surface area contributed by atoms with Crippen molar-refractivity contribution >= 4 is 5.91 Å². The van der Waals surface area contributed by atoms with Crippen LogP contribution in [-0.4, -0.2) is 110 Å². The highest BCUT2D eigenvalue weighted by Gasteiger charge is 2.44. The van der Waals surface area contributed by atoms with Gasteiger partial charge in [0.2, 0.25) is 5.91 Å². The topological polar surface area (TPSA) is 189 Å². The molecular weight excluding hydrogens is 751 g/mol.